The zero-order valence-corrected chi connectivity index (χ0v) is 22.7. The maximum Gasteiger partial charge on any atom is 0.119 e. The summed E-state index contributed by atoms with van der Waals surface area (Å²) in [4.78, 5) is 0. The molecule has 6 heteroatoms. The molecule has 6 nitrogen and oxygen atoms in total. The molecule has 1 heterocycles. The van der Waals surface area contributed by atoms with Gasteiger partial charge in [-0.25, -0.2) is 0 Å². The van der Waals surface area contributed by atoms with Crippen LogP contribution in [0.1, 0.15) is 62.5 Å². The molecule has 4 atom stereocenters. The summed E-state index contributed by atoms with van der Waals surface area (Å²) in [5, 5.41) is 0. The lowest BCUT2D eigenvalue weighted by molar-refractivity contribution is -0.196. The molecular formula is C32H44O6. The molecule has 2 aromatic rings. The van der Waals surface area contributed by atoms with E-state index in [4.69, 9.17) is 28.4 Å². The van der Waals surface area contributed by atoms with E-state index >= 15 is 0 Å². The largest absolute Gasteiger partial charge is 0.377 e. The van der Waals surface area contributed by atoms with E-state index < -0.39 is 11.2 Å². The summed E-state index contributed by atoms with van der Waals surface area (Å²) in [7, 11) is 0. The first-order valence-corrected chi connectivity index (χ1v) is 14.6. The first-order chi connectivity index (χ1) is 18.8. The molecule has 2 aliphatic carbocycles. The monoisotopic (exact) mass is 524 g/mol. The van der Waals surface area contributed by atoms with Gasteiger partial charge in [0.05, 0.1) is 65.1 Å². The number of fused-ring (bicyclic) bond motifs is 2. The normalized spacial score (nSPS) is 32.7. The Bertz CT molecular complexity index is 864. The van der Waals surface area contributed by atoms with Crippen LogP contribution in [0.5, 0.6) is 0 Å². The van der Waals surface area contributed by atoms with Gasteiger partial charge in [-0.15, -0.1) is 0 Å². The number of benzene rings is 2. The Balaban J connectivity index is 1.29. The SMILES string of the molecule is c1ccc([C@]23CCCC[C@H]2OCCOCCO[C@@H]2CCCC[C@]2(c2ccccc2)OCCOCCO3)cc1. The predicted octanol–water partition coefficient (Wildman–Crippen LogP) is 5.78. The Morgan fingerprint density at radius 2 is 0.895 bits per heavy atom. The van der Waals surface area contributed by atoms with Crippen molar-refractivity contribution < 1.29 is 28.4 Å². The molecule has 0 aromatic heterocycles. The Kier molecular flexibility index (Phi) is 10.2. The minimum Gasteiger partial charge on any atom is -0.377 e. The second-order valence-electron chi connectivity index (χ2n) is 10.6. The molecule has 3 aliphatic rings. The highest BCUT2D eigenvalue weighted by molar-refractivity contribution is 5.26. The summed E-state index contributed by atoms with van der Waals surface area (Å²) >= 11 is 0. The van der Waals surface area contributed by atoms with Gasteiger partial charge in [-0.05, 0) is 36.8 Å². The number of hydrogen-bond acceptors (Lipinski definition) is 6. The van der Waals surface area contributed by atoms with Crippen LogP contribution in [-0.4, -0.2) is 65.1 Å². The summed E-state index contributed by atoms with van der Waals surface area (Å²) in [5.74, 6) is 0. The second-order valence-corrected chi connectivity index (χ2v) is 10.6. The molecule has 0 bridgehead atoms. The molecule has 0 radical (unpaired) electrons. The predicted molar refractivity (Wildman–Crippen MR) is 146 cm³/mol. The molecule has 0 amide bonds. The highest BCUT2D eigenvalue weighted by Gasteiger charge is 2.45. The Morgan fingerprint density at radius 1 is 0.474 bits per heavy atom. The fourth-order valence-corrected chi connectivity index (χ4v) is 6.52. The van der Waals surface area contributed by atoms with E-state index in [0.29, 0.717) is 52.9 Å². The highest BCUT2D eigenvalue weighted by Crippen LogP contribution is 2.43. The van der Waals surface area contributed by atoms with Crippen molar-refractivity contribution in [1.29, 1.82) is 0 Å². The molecule has 2 aromatic carbocycles. The summed E-state index contributed by atoms with van der Waals surface area (Å²) < 4.78 is 38.3. The fourth-order valence-electron chi connectivity index (χ4n) is 6.52. The van der Waals surface area contributed by atoms with Crippen molar-refractivity contribution in [3.8, 4) is 0 Å². The van der Waals surface area contributed by atoms with Gasteiger partial charge in [0.15, 0.2) is 0 Å². The van der Waals surface area contributed by atoms with Crippen molar-refractivity contribution >= 4 is 0 Å². The smallest absolute Gasteiger partial charge is 0.119 e. The number of rotatable bonds is 2. The van der Waals surface area contributed by atoms with Crippen molar-refractivity contribution in [2.45, 2.75) is 74.8 Å². The minimum absolute atomic E-state index is 0.00514. The molecule has 2 saturated carbocycles. The molecule has 208 valence electrons. The van der Waals surface area contributed by atoms with Gasteiger partial charge >= 0.3 is 0 Å². The first kappa shape index (κ1) is 27.8. The molecule has 38 heavy (non-hydrogen) atoms. The lowest BCUT2D eigenvalue weighted by atomic mass is 9.77. The average Bonchev–Trinajstić information content (AvgIpc) is 2.98. The van der Waals surface area contributed by atoms with E-state index in [2.05, 4.69) is 60.7 Å². The van der Waals surface area contributed by atoms with Crippen LogP contribution in [0, 0.1) is 0 Å². The van der Waals surface area contributed by atoms with Gasteiger partial charge in [-0.3, -0.25) is 0 Å². The van der Waals surface area contributed by atoms with Crippen LogP contribution in [0.25, 0.3) is 0 Å². The maximum absolute atomic E-state index is 6.69. The quantitative estimate of drug-likeness (QED) is 0.497. The molecule has 0 spiro atoms. The summed E-state index contributed by atoms with van der Waals surface area (Å²) in [5.41, 5.74) is 1.45. The van der Waals surface area contributed by atoms with Crippen LogP contribution in [-0.2, 0) is 39.6 Å². The van der Waals surface area contributed by atoms with Gasteiger partial charge in [0, 0.05) is 0 Å². The fraction of sp³-hybridized carbons (Fsp3) is 0.625. The summed E-state index contributed by atoms with van der Waals surface area (Å²) in [6, 6.07) is 21.1. The average molecular weight is 525 g/mol. The van der Waals surface area contributed by atoms with Crippen LogP contribution < -0.4 is 0 Å². The van der Waals surface area contributed by atoms with Gasteiger partial charge in [-0.2, -0.15) is 0 Å². The van der Waals surface area contributed by atoms with Crippen LogP contribution in [0.4, 0.5) is 0 Å². The minimum atomic E-state index is -0.458. The zero-order chi connectivity index (χ0) is 25.9. The standard InChI is InChI=1S/C32H44O6/c1-3-11-27(12-4-1)31-17-9-7-15-29(31)35-23-19-33-20-24-36-30-16-8-10-18-32(30,28-13-5-2-6-14-28)38-26-22-34-21-25-37-31/h1-6,11-14,29-30H,7-10,15-26H2/t29-,30-,31-,32-/m1/s1. The van der Waals surface area contributed by atoms with Crippen molar-refractivity contribution in [3.05, 3.63) is 71.8 Å². The highest BCUT2D eigenvalue weighted by atomic mass is 16.6. The first-order valence-electron chi connectivity index (χ1n) is 14.6. The van der Waals surface area contributed by atoms with Crippen LogP contribution in [0.2, 0.25) is 0 Å². The maximum atomic E-state index is 6.69. The van der Waals surface area contributed by atoms with Gasteiger partial charge in [0.2, 0.25) is 0 Å². The van der Waals surface area contributed by atoms with Crippen molar-refractivity contribution in [2.75, 3.05) is 52.9 Å². The summed E-state index contributed by atoms with van der Waals surface area (Å²) in [6.07, 6.45) is 8.39. The van der Waals surface area contributed by atoms with Gasteiger partial charge in [0.1, 0.15) is 11.2 Å². The molecule has 5 rings (SSSR count). The molecular weight excluding hydrogens is 480 g/mol. The molecule has 3 fully saturated rings. The van der Waals surface area contributed by atoms with Crippen LogP contribution in [0.3, 0.4) is 0 Å². The third kappa shape index (κ3) is 6.49. The zero-order valence-electron chi connectivity index (χ0n) is 22.7. The third-order valence-electron chi connectivity index (χ3n) is 8.36. The topological polar surface area (TPSA) is 55.4 Å². The van der Waals surface area contributed by atoms with E-state index in [-0.39, 0.29) is 12.2 Å². The molecule has 0 unspecified atom stereocenters. The van der Waals surface area contributed by atoms with Gasteiger partial charge < -0.3 is 28.4 Å². The number of hydrogen-bond donors (Lipinski definition) is 0. The second kappa shape index (κ2) is 14.0. The van der Waals surface area contributed by atoms with Crippen LogP contribution in [0.15, 0.2) is 60.7 Å². The Morgan fingerprint density at radius 3 is 1.34 bits per heavy atom. The van der Waals surface area contributed by atoms with Gasteiger partial charge in [-0.1, -0.05) is 86.3 Å². The van der Waals surface area contributed by atoms with E-state index in [1.165, 1.54) is 11.1 Å². The van der Waals surface area contributed by atoms with Crippen molar-refractivity contribution in [2.24, 2.45) is 0 Å². The number of ether oxygens (including phenoxy) is 6. The van der Waals surface area contributed by atoms with Crippen molar-refractivity contribution in [3.63, 3.8) is 0 Å². The van der Waals surface area contributed by atoms with Crippen LogP contribution >= 0.6 is 0 Å². The van der Waals surface area contributed by atoms with E-state index in [9.17, 15) is 0 Å². The molecule has 1 aliphatic heterocycles. The van der Waals surface area contributed by atoms with E-state index in [0.717, 1.165) is 51.4 Å². The lowest BCUT2D eigenvalue weighted by Crippen LogP contribution is -2.47. The summed E-state index contributed by atoms with van der Waals surface area (Å²) in [6.45, 7) is 4.23. The van der Waals surface area contributed by atoms with E-state index in [1.807, 2.05) is 0 Å². The van der Waals surface area contributed by atoms with Gasteiger partial charge in [0.25, 0.3) is 0 Å². The lowest BCUT2D eigenvalue weighted by Gasteiger charge is -2.44. The molecule has 1 saturated heterocycles. The van der Waals surface area contributed by atoms with E-state index in [1.54, 1.807) is 0 Å². The Hall–Kier alpha value is -1.80. The Labute approximate surface area is 227 Å². The third-order valence-corrected chi connectivity index (χ3v) is 8.36. The molecule has 0 N–H and O–H groups in total. The van der Waals surface area contributed by atoms with Crippen molar-refractivity contribution in [1.82, 2.24) is 0 Å².